The van der Waals surface area contributed by atoms with E-state index in [0.717, 1.165) is 27.7 Å². The molecule has 0 aliphatic carbocycles. The number of rotatable bonds is 4. The van der Waals surface area contributed by atoms with Gasteiger partial charge in [0, 0.05) is 23.3 Å². The molecule has 122 valence electrons. The molecule has 3 aromatic heterocycles. The molecule has 0 aliphatic heterocycles. The summed E-state index contributed by atoms with van der Waals surface area (Å²) in [6.45, 7) is 4.07. The van der Waals surface area contributed by atoms with Crippen LogP contribution in [0.2, 0.25) is 0 Å². The third-order valence-corrected chi connectivity index (χ3v) is 3.81. The van der Waals surface area contributed by atoms with Crippen molar-refractivity contribution < 1.29 is 0 Å². The van der Waals surface area contributed by atoms with E-state index in [2.05, 4.69) is 43.1 Å². The summed E-state index contributed by atoms with van der Waals surface area (Å²) in [5, 5.41) is 11.5. The molecule has 0 unspecified atom stereocenters. The van der Waals surface area contributed by atoms with Gasteiger partial charge in [-0.15, -0.1) is 0 Å². The molecule has 7 nitrogen and oxygen atoms in total. The van der Waals surface area contributed by atoms with Crippen molar-refractivity contribution in [3.63, 3.8) is 0 Å². The molecule has 3 heterocycles. The highest BCUT2D eigenvalue weighted by molar-refractivity contribution is 5.94. The standard InChI is InChI=1S/C18H15N7/c1-11(23-14-9-21-18(19)22-10-14)17-15-7-12(4-5-16(15)24-25-17)13-3-2-6-20-8-13/h2-10,23H,1H2,(H,24,25)(H2,19,21,22). The summed E-state index contributed by atoms with van der Waals surface area (Å²) in [5.74, 6) is 0.225. The van der Waals surface area contributed by atoms with Crippen molar-refractivity contribution in [2.75, 3.05) is 11.1 Å². The minimum atomic E-state index is 0.225. The molecule has 0 atom stereocenters. The van der Waals surface area contributed by atoms with Crippen molar-refractivity contribution in [2.24, 2.45) is 0 Å². The summed E-state index contributed by atoms with van der Waals surface area (Å²) >= 11 is 0. The van der Waals surface area contributed by atoms with E-state index in [4.69, 9.17) is 5.73 Å². The van der Waals surface area contributed by atoms with Crippen LogP contribution >= 0.6 is 0 Å². The minimum Gasteiger partial charge on any atom is -0.368 e. The Morgan fingerprint density at radius 1 is 1.08 bits per heavy atom. The third-order valence-electron chi connectivity index (χ3n) is 3.81. The van der Waals surface area contributed by atoms with Crippen LogP contribution in [0.25, 0.3) is 27.7 Å². The summed E-state index contributed by atoms with van der Waals surface area (Å²) in [5.41, 5.74) is 10.6. The largest absolute Gasteiger partial charge is 0.368 e. The number of pyridine rings is 1. The number of nitrogens with one attached hydrogen (secondary N) is 2. The lowest BCUT2D eigenvalue weighted by Gasteiger charge is -2.07. The van der Waals surface area contributed by atoms with Gasteiger partial charge in [-0.05, 0) is 23.8 Å². The van der Waals surface area contributed by atoms with E-state index < -0.39 is 0 Å². The van der Waals surface area contributed by atoms with Gasteiger partial charge in [0.25, 0.3) is 0 Å². The van der Waals surface area contributed by atoms with Crippen molar-refractivity contribution in [1.29, 1.82) is 0 Å². The van der Waals surface area contributed by atoms with Crippen molar-refractivity contribution in [3.8, 4) is 11.1 Å². The number of benzene rings is 1. The number of fused-ring (bicyclic) bond motifs is 1. The van der Waals surface area contributed by atoms with E-state index in [0.29, 0.717) is 11.4 Å². The number of aromatic amines is 1. The fourth-order valence-electron chi connectivity index (χ4n) is 2.59. The maximum Gasteiger partial charge on any atom is 0.220 e. The van der Waals surface area contributed by atoms with E-state index >= 15 is 0 Å². The number of nitrogens with two attached hydrogens (primary N) is 1. The summed E-state index contributed by atoms with van der Waals surface area (Å²) < 4.78 is 0. The van der Waals surface area contributed by atoms with Crippen LogP contribution in [-0.2, 0) is 0 Å². The zero-order valence-corrected chi connectivity index (χ0v) is 13.3. The fraction of sp³-hybridized carbons (Fsp3) is 0. The topological polar surface area (TPSA) is 105 Å². The number of aromatic nitrogens is 5. The smallest absolute Gasteiger partial charge is 0.220 e. The molecule has 4 N–H and O–H groups in total. The molecular weight excluding hydrogens is 314 g/mol. The monoisotopic (exact) mass is 329 g/mol. The van der Waals surface area contributed by atoms with E-state index in [9.17, 15) is 0 Å². The van der Waals surface area contributed by atoms with Crippen LogP contribution < -0.4 is 11.1 Å². The molecule has 4 aromatic rings. The molecule has 25 heavy (non-hydrogen) atoms. The van der Waals surface area contributed by atoms with Crippen LogP contribution in [0.5, 0.6) is 0 Å². The summed E-state index contributed by atoms with van der Waals surface area (Å²) in [7, 11) is 0. The average molecular weight is 329 g/mol. The second-order valence-electron chi connectivity index (χ2n) is 5.51. The van der Waals surface area contributed by atoms with E-state index in [1.54, 1.807) is 18.6 Å². The molecule has 4 rings (SSSR count). The van der Waals surface area contributed by atoms with Crippen LogP contribution in [0.15, 0.2) is 61.7 Å². The summed E-state index contributed by atoms with van der Waals surface area (Å²) in [6.07, 6.45) is 6.79. The minimum absolute atomic E-state index is 0.225. The Morgan fingerprint density at radius 3 is 2.68 bits per heavy atom. The van der Waals surface area contributed by atoms with Gasteiger partial charge in [0.2, 0.25) is 5.95 Å². The lowest BCUT2D eigenvalue weighted by molar-refractivity contribution is 1.10. The van der Waals surface area contributed by atoms with Gasteiger partial charge in [-0.1, -0.05) is 18.7 Å². The van der Waals surface area contributed by atoms with Gasteiger partial charge in [0.1, 0.15) is 5.69 Å². The molecule has 0 radical (unpaired) electrons. The van der Waals surface area contributed by atoms with Crippen molar-refractivity contribution >= 4 is 28.2 Å². The third kappa shape index (κ3) is 2.90. The lowest BCUT2D eigenvalue weighted by atomic mass is 10.0. The summed E-state index contributed by atoms with van der Waals surface area (Å²) in [6, 6.07) is 10.0. The molecule has 7 heteroatoms. The zero-order chi connectivity index (χ0) is 17.2. The molecule has 0 saturated heterocycles. The second-order valence-corrected chi connectivity index (χ2v) is 5.51. The average Bonchev–Trinajstić information content (AvgIpc) is 3.07. The van der Waals surface area contributed by atoms with Gasteiger partial charge >= 0.3 is 0 Å². The number of anilines is 2. The molecule has 0 bridgehead atoms. The SMILES string of the molecule is C=C(Nc1cnc(N)nc1)c1n[nH]c2ccc(-c3cccnc3)cc12. The van der Waals surface area contributed by atoms with Gasteiger partial charge in [0.05, 0.1) is 29.3 Å². The first-order valence-corrected chi connectivity index (χ1v) is 7.63. The normalized spacial score (nSPS) is 10.7. The number of nitrogens with zero attached hydrogens (tertiary/aromatic N) is 4. The van der Waals surface area contributed by atoms with Gasteiger partial charge in [-0.2, -0.15) is 5.10 Å². The quantitative estimate of drug-likeness (QED) is 0.531. The van der Waals surface area contributed by atoms with E-state index in [-0.39, 0.29) is 5.95 Å². The zero-order valence-electron chi connectivity index (χ0n) is 13.3. The van der Waals surface area contributed by atoms with Crippen LogP contribution in [-0.4, -0.2) is 25.1 Å². The first-order valence-electron chi connectivity index (χ1n) is 7.63. The number of hydrogen-bond donors (Lipinski definition) is 3. The highest BCUT2D eigenvalue weighted by Gasteiger charge is 2.11. The van der Waals surface area contributed by atoms with Gasteiger partial charge in [-0.25, -0.2) is 9.97 Å². The Balaban J connectivity index is 1.69. The fourth-order valence-corrected chi connectivity index (χ4v) is 2.59. The molecule has 0 amide bonds. The van der Waals surface area contributed by atoms with E-state index in [1.807, 2.05) is 30.5 Å². The van der Waals surface area contributed by atoms with Crippen molar-refractivity contribution in [2.45, 2.75) is 0 Å². The Kier molecular flexibility index (Phi) is 3.59. The maximum absolute atomic E-state index is 5.50. The van der Waals surface area contributed by atoms with Crippen molar-refractivity contribution in [3.05, 3.63) is 67.4 Å². The molecular formula is C18H15N7. The maximum atomic E-state index is 5.50. The summed E-state index contributed by atoms with van der Waals surface area (Å²) in [4.78, 5) is 12.1. The second kappa shape index (κ2) is 6.04. The van der Waals surface area contributed by atoms with Crippen LogP contribution in [0, 0.1) is 0 Å². The molecule has 0 saturated carbocycles. The Hall–Kier alpha value is -3.74. The Labute approximate surface area is 143 Å². The first-order chi connectivity index (χ1) is 12.2. The highest BCUT2D eigenvalue weighted by atomic mass is 15.1. The van der Waals surface area contributed by atoms with Gasteiger partial charge in [0.15, 0.2) is 0 Å². The van der Waals surface area contributed by atoms with Crippen LogP contribution in [0.1, 0.15) is 5.69 Å². The molecule has 0 aliphatic rings. The first kappa shape index (κ1) is 14.8. The van der Waals surface area contributed by atoms with Gasteiger partial charge in [-0.3, -0.25) is 10.1 Å². The number of H-pyrrole nitrogens is 1. The van der Waals surface area contributed by atoms with E-state index in [1.165, 1.54) is 0 Å². The highest BCUT2D eigenvalue weighted by Crippen LogP contribution is 2.28. The molecule has 0 fully saturated rings. The number of hydrogen-bond acceptors (Lipinski definition) is 6. The molecule has 0 spiro atoms. The predicted octanol–water partition coefficient (Wildman–Crippen LogP) is 3.08. The Morgan fingerprint density at radius 2 is 1.92 bits per heavy atom. The van der Waals surface area contributed by atoms with Crippen LogP contribution in [0.3, 0.4) is 0 Å². The van der Waals surface area contributed by atoms with Gasteiger partial charge < -0.3 is 11.1 Å². The van der Waals surface area contributed by atoms with Crippen LogP contribution in [0.4, 0.5) is 11.6 Å². The predicted molar refractivity (Wildman–Crippen MR) is 98.4 cm³/mol. The van der Waals surface area contributed by atoms with Crippen molar-refractivity contribution in [1.82, 2.24) is 25.1 Å². The number of nitrogen functional groups attached to an aromatic ring is 1. The Bertz CT molecular complexity index is 1040. The lowest BCUT2D eigenvalue weighted by Crippen LogP contribution is -2.01. The molecule has 1 aromatic carbocycles.